The van der Waals surface area contributed by atoms with E-state index in [1.54, 1.807) is 6.20 Å². The fraction of sp³-hybridized carbons (Fsp3) is 0.417. The van der Waals surface area contributed by atoms with Crippen molar-refractivity contribution in [3.63, 3.8) is 0 Å². The van der Waals surface area contributed by atoms with Crippen LogP contribution in [0.1, 0.15) is 12.1 Å². The summed E-state index contributed by atoms with van der Waals surface area (Å²) in [5.74, 6) is 0.568. The molecule has 6 nitrogen and oxygen atoms in total. The predicted molar refractivity (Wildman–Crippen MR) is 77.0 cm³/mol. The highest BCUT2D eigenvalue weighted by molar-refractivity contribution is 7.35. The van der Waals surface area contributed by atoms with Crippen LogP contribution in [0.25, 0.3) is 10.9 Å². The summed E-state index contributed by atoms with van der Waals surface area (Å²) in [4.78, 5) is 15.6. The number of rotatable bonds is 5. The van der Waals surface area contributed by atoms with Crippen LogP contribution in [0.4, 0.5) is 5.82 Å². The molecule has 0 fully saturated rings. The minimum Gasteiger partial charge on any atom is -0.469 e. The summed E-state index contributed by atoms with van der Waals surface area (Å²) in [7, 11) is 3.76. The number of methoxy groups -OCH3 is 1. The van der Waals surface area contributed by atoms with Crippen molar-refractivity contribution in [1.82, 2.24) is 14.5 Å². The lowest BCUT2D eigenvalue weighted by Gasteiger charge is -2.03. The topological polar surface area (TPSA) is 69.0 Å². The zero-order valence-corrected chi connectivity index (χ0v) is 12.2. The fourth-order valence-electron chi connectivity index (χ4n) is 1.99. The van der Waals surface area contributed by atoms with Gasteiger partial charge in [0.15, 0.2) is 0 Å². The number of aryl methyl sites for hydroxylation is 1. The van der Waals surface area contributed by atoms with Crippen molar-refractivity contribution in [2.75, 3.05) is 26.1 Å². The number of nitrogens with zero attached hydrogens (tertiary/aromatic N) is 3. The van der Waals surface area contributed by atoms with Crippen LogP contribution in [-0.4, -0.2) is 41.3 Å². The average Bonchev–Trinajstić information content (AvgIpc) is 2.82. The molecule has 1 unspecified atom stereocenters. The summed E-state index contributed by atoms with van der Waals surface area (Å²) in [6.07, 6.45) is 2.64. The number of hydrogen-bond acceptors (Lipinski definition) is 5. The third kappa shape index (κ3) is 2.68. The van der Waals surface area contributed by atoms with E-state index < -0.39 is 0 Å². The first kappa shape index (κ1) is 13.7. The maximum Gasteiger partial charge on any atom is 0.305 e. The largest absolute Gasteiger partial charge is 0.469 e. The number of hydrogen-bond donors (Lipinski definition) is 1. The van der Waals surface area contributed by atoms with Crippen molar-refractivity contribution in [2.45, 2.75) is 12.8 Å². The van der Waals surface area contributed by atoms with Gasteiger partial charge in [0.25, 0.3) is 0 Å². The molecule has 0 radical (unpaired) electrons. The minimum absolute atomic E-state index is 0.225. The molecule has 0 aliphatic carbocycles. The quantitative estimate of drug-likeness (QED) is 0.666. The van der Waals surface area contributed by atoms with Crippen molar-refractivity contribution >= 4 is 31.4 Å². The van der Waals surface area contributed by atoms with Crippen LogP contribution in [0.3, 0.4) is 0 Å². The second-order valence-electron chi connectivity index (χ2n) is 3.96. The van der Waals surface area contributed by atoms with E-state index in [0.29, 0.717) is 21.6 Å². The molecule has 1 atom stereocenters. The number of fused-ring (bicyclic) bond motifs is 1. The van der Waals surface area contributed by atoms with Gasteiger partial charge in [0.2, 0.25) is 0 Å². The summed E-state index contributed by atoms with van der Waals surface area (Å²) in [5.41, 5.74) is 1.92. The average molecular weight is 280 g/mol. The maximum atomic E-state index is 11.3. The van der Waals surface area contributed by atoms with Crippen molar-refractivity contribution in [3.05, 3.63) is 18.0 Å². The lowest BCUT2D eigenvalue weighted by atomic mass is 10.1. The highest BCUT2D eigenvalue weighted by Gasteiger charge is 2.15. The van der Waals surface area contributed by atoms with E-state index in [-0.39, 0.29) is 5.97 Å². The van der Waals surface area contributed by atoms with Gasteiger partial charge in [-0.05, 0) is 12.7 Å². The zero-order chi connectivity index (χ0) is 13.8. The van der Waals surface area contributed by atoms with Gasteiger partial charge in [-0.1, -0.05) is 0 Å². The second-order valence-corrected chi connectivity index (χ2v) is 4.83. The molecule has 2 rings (SSSR count). The Bertz CT molecular complexity index is 597. The Hall–Kier alpha value is -1.68. The SMILES string of the molecule is CNc1nccc2c1c(CCC(=O)OC)nn2PC. The Labute approximate surface area is 113 Å². The molecule has 0 aliphatic heterocycles. The maximum absolute atomic E-state index is 11.3. The van der Waals surface area contributed by atoms with Crippen LogP contribution in [0.15, 0.2) is 12.3 Å². The van der Waals surface area contributed by atoms with Crippen LogP contribution in [0, 0.1) is 0 Å². The molecule has 0 amide bonds. The first-order valence-corrected chi connectivity index (χ1v) is 7.45. The van der Waals surface area contributed by atoms with E-state index in [1.165, 1.54) is 7.11 Å². The minimum atomic E-state index is -0.225. The number of aromatic nitrogens is 3. The Morgan fingerprint density at radius 1 is 1.58 bits per heavy atom. The third-order valence-electron chi connectivity index (χ3n) is 2.91. The Morgan fingerprint density at radius 2 is 2.37 bits per heavy atom. The number of nitrogens with one attached hydrogen (secondary N) is 1. The van der Waals surface area contributed by atoms with Gasteiger partial charge in [-0.3, -0.25) is 4.79 Å². The number of ether oxygens (including phenoxy) is 1. The van der Waals surface area contributed by atoms with Crippen molar-refractivity contribution in [3.8, 4) is 0 Å². The number of carbonyl (C=O) groups is 1. The van der Waals surface area contributed by atoms with Gasteiger partial charge in [0.05, 0.1) is 30.1 Å². The normalized spacial score (nSPS) is 11.3. The molecule has 0 aliphatic rings. The van der Waals surface area contributed by atoms with Crippen molar-refractivity contribution < 1.29 is 9.53 Å². The van der Waals surface area contributed by atoms with Gasteiger partial charge in [-0.2, -0.15) is 5.10 Å². The number of esters is 1. The van der Waals surface area contributed by atoms with E-state index in [9.17, 15) is 4.79 Å². The third-order valence-corrected chi connectivity index (χ3v) is 3.67. The molecule has 2 aromatic heterocycles. The number of pyridine rings is 1. The number of anilines is 1. The van der Waals surface area contributed by atoms with Crippen molar-refractivity contribution in [2.24, 2.45) is 0 Å². The molecule has 19 heavy (non-hydrogen) atoms. The van der Waals surface area contributed by atoms with Gasteiger partial charge in [0, 0.05) is 28.4 Å². The summed E-state index contributed by atoms with van der Waals surface area (Å²) < 4.78 is 6.62. The molecule has 102 valence electrons. The van der Waals surface area contributed by atoms with E-state index >= 15 is 0 Å². The highest BCUT2D eigenvalue weighted by Crippen LogP contribution is 2.29. The molecular formula is C12H17N4O2P. The molecule has 0 saturated carbocycles. The lowest BCUT2D eigenvalue weighted by molar-refractivity contribution is -0.140. The van der Waals surface area contributed by atoms with Gasteiger partial charge >= 0.3 is 5.97 Å². The summed E-state index contributed by atoms with van der Waals surface area (Å²) >= 11 is 0. The Morgan fingerprint density at radius 3 is 3.00 bits per heavy atom. The van der Waals surface area contributed by atoms with Crippen LogP contribution in [0.2, 0.25) is 0 Å². The molecule has 0 spiro atoms. The van der Waals surface area contributed by atoms with E-state index in [2.05, 4.69) is 26.8 Å². The smallest absolute Gasteiger partial charge is 0.305 e. The van der Waals surface area contributed by atoms with E-state index in [1.807, 2.05) is 17.6 Å². The molecule has 0 saturated heterocycles. The molecule has 0 bridgehead atoms. The Kier molecular flexibility index (Phi) is 4.32. The molecule has 2 aromatic rings. The monoisotopic (exact) mass is 280 g/mol. The van der Waals surface area contributed by atoms with Crippen LogP contribution >= 0.6 is 8.73 Å². The molecule has 7 heteroatoms. The van der Waals surface area contributed by atoms with Gasteiger partial charge < -0.3 is 10.1 Å². The second kappa shape index (κ2) is 5.97. The van der Waals surface area contributed by atoms with E-state index in [0.717, 1.165) is 22.4 Å². The molecule has 1 N–H and O–H groups in total. The first-order chi connectivity index (χ1) is 9.21. The van der Waals surface area contributed by atoms with Crippen LogP contribution < -0.4 is 5.32 Å². The van der Waals surface area contributed by atoms with Crippen LogP contribution in [-0.2, 0) is 16.0 Å². The first-order valence-electron chi connectivity index (χ1n) is 6.00. The standard InChI is InChI=1S/C12H17N4O2P/c1-13-12-11-8(4-5-10(17)18-2)15-16(19-3)9(11)6-7-14-12/h6-7,19H,4-5H2,1-3H3,(H,13,14). The molecule has 0 aromatic carbocycles. The van der Waals surface area contributed by atoms with Gasteiger partial charge in [0.1, 0.15) is 5.82 Å². The van der Waals surface area contributed by atoms with Crippen LogP contribution in [0.5, 0.6) is 0 Å². The lowest BCUT2D eigenvalue weighted by Crippen LogP contribution is -2.03. The highest BCUT2D eigenvalue weighted by atomic mass is 31.1. The van der Waals surface area contributed by atoms with Crippen molar-refractivity contribution in [1.29, 1.82) is 0 Å². The van der Waals surface area contributed by atoms with Gasteiger partial charge in [-0.25, -0.2) is 9.44 Å². The zero-order valence-electron chi connectivity index (χ0n) is 11.2. The fourth-order valence-corrected chi connectivity index (χ4v) is 2.64. The summed E-state index contributed by atoms with van der Waals surface area (Å²) in [5, 5.41) is 8.62. The number of carbonyl (C=O) groups excluding carboxylic acids is 1. The summed E-state index contributed by atoms with van der Waals surface area (Å²) in [6.45, 7) is 2.07. The molecular weight excluding hydrogens is 263 g/mol. The molecule has 2 heterocycles. The van der Waals surface area contributed by atoms with Gasteiger partial charge in [-0.15, -0.1) is 0 Å². The Balaban J connectivity index is 2.44. The summed E-state index contributed by atoms with van der Waals surface area (Å²) in [6, 6.07) is 1.95. The predicted octanol–water partition coefficient (Wildman–Crippen LogP) is 1.65. The van der Waals surface area contributed by atoms with E-state index in [4.69, 9.17) is 0 Å².